The maximum Gasteiger partial charge on any atom is 0.344 e. The van der Waals surface area contributed by atoms with Gasteiger partial charge in [0.25, 0.3) is 0 Å². The zero-order valence-corrected chi connectivity index (χ0v) is 16.2. The van der Waals surface area contributed by atoms with Crippen molar-refractivity contribution in [1.29, 1.82) is 0 Å². The van der Waals surface area contributed by atoms with Gasteiger partial charge in [-0.3, -0.25) is 0 Å². The van der Waals surface area contributed by atoms with Crippen molar-refractivity contribution in [2.45, 2.75) is 52.1 Å². The van der Waals surface area contributed by atoms with Gasteiger partial charge in [-0.25, -0.2) is 4.79 Å². The average molecular weight is 356 g/mol. The monoisotopic (exact) mass is 356 g/mol. The molecule has 0 aliphatic carbocycles. The van der Waals surface area contributed by atoms with Crippen LogP contribution in [0.2, 0.25) is 0 Å². The van der Waals surface area contributed by atoms with Gasteiger partial charge in [-0.05, 0) is 68.0 Å². The Labute approximate surface area is 155 Å². The molecule has 0 aromatic heterocycles. The molecular weight excluding hydrogens is 328 g/mol. The van der Waals surface area contributed by atoms with Gasteiger partial charge in [0.05, 0.1) is 0 Å². The minimum absolute atomic E-state index is 0.101. The molecule has 0 aliphatic rings. The lowest BCUT2D eigenvalue weighted by molar-refractivity contribution is -0.157. The maximum absolute atomic E-state index is 11.7. The van der Waals surface area contributed by atoms with E-state index in [-0.39, 0.29) is 18.3 Å². The minimum Gasteiger partial charge on any atom is -0.508 e. The standard InChI is InChI=1S/C22H28O4/c1-15(17-6-10-19(23)11-7-17)16(2)18-8-12-20(13-9-18)25-14-21(24)26-22(3,4)5/h6-13,15-16,23H,14H2,1-5H3. The Kier molecular flexibility index (Phi) is 6.30. The first kappa shape index (κ1) is 19.8. The molecule has 0 spiro atoms. The van der Waals surface area contributed by atoms with Gasteiger partial charge in [-0.2, -0.15) is 0 Å². The number of esters is 1. The van der Waals surface area contributed by atoms with E-state index in [1.807, 2.05) is 57.2 Å². The number of phenolic OH excluding ortho intramolecular Hbond substituents is 1. The molecular formula is C22H28O4. The molecule has 0 saturated carbocycles. The van der Waals surface area contributed by atoms with Crippen molar-refractivity contribution in [2.75, 3.05) is 6.61 Å². The summed E-state index contributed by atoms with van der Waals surface area (Å²) in [5.74, 6) is 1.16. The second kappa shape index (κ2) is 8.26. The van der Waals surface area contributed by atoms with Crippen LogP contribution in [0.5, 0.6) is 11.5 Å². The quantitative estimate of drug-likeness (QED) is 0.738. The van der Waals surface area contributed by atoms with E-state index in [2.05, 4.69) is 13.8 Å². The number of aromatic hydroxyl groups is 1. The Balaban J connectivity index is 1.95. The Hall–Kier alpha value is -2.49. The average Bonchev–Trinajstić information content (AvgIpc) is 2.58. The smallest absolute Gasteiger partial charge is 0.344 e. The van der Waals surface area contributed by atoms with Crippen molar-refractivity contribution in [3.63, 3.8) is 0 Å². The van der Waals surface area contributed by atoms with Crippen molar-refractivity contribution in [1.82, 2.24) is 0 Å². The molecule has 4 heteroatoms. The first-order chi connectivity index (χ1) is 12.2. The third kappa shape index (κ3) is 5.80. The highest BCUT2D eigenvalue weighted by Crippen LogP contribution is 2.33. The predicted molar refractivity (Wildman–Crippen MR) is 103 cm³/mol. The van der Waals surface area contributed by atoms with Gasteiger partial charge in [-0.15, -0.1) is 0 Å². The molecule has 1 N–H and O–H groups in total. The summed E-state index contributed by atoms with van der Waals surface area (Å²) in [4.78, 5) is 11.7. The van der Waals surface area contributed by atoms with Crippen LogP contribution in [0.15, 0.2) is 48.5 Å². The SMILES string of the molecule is CC(c1ccc(O)cc1)C(C)c1ccc(OCC(=O)OC(C)(C)C)cc1. The van der Waals surface area contributed by atoms with E-state index < -0.39 is 5.60 Å². The minimum atomic E-state index is -0.510. The number of carbonyl (C=O) groups excluding carboxylic acids is 1. The van der Waals surface area contributed by atoms with Crippen LogP contribution >= 0.6 is 0 Å². The molecule has 0 heterocycles. The summed E-state index contributed by atoms with van der Waals surface area (Å²) >= 11 is 0. The van der Waals surface area contributed by atoms with E-state index in [0.717, 1.165) is 0 Å². The highest BCUT2D eigenvalue weighted by molar-refractivity contribution is 5.71. The lowest BCUT2D eigenvalue weighted by atomic mass is 9.84. The molecule has 0 aliphatic heterocycles. The zero-order chi connectivity index (χ0) is 19.3. The van der Waals surface area contributed by atoms with Gasteiger partial charge in [0, 0.05) is 0 Å². The van der Waals surface area contributed by atoms with E-state index in [1.54, 1.807) is 12.1 Å². The molecule has 2 rings (SSSR count). The van der Waals surface area contributed by atoms with Gasteiger partial charge in [-0.1, -0.05) is 38.1 Å². The highest BCUT2D eigenvalue weighted by Gasteiger charge is 2.18. The van der Waals surface area contributed by atoms with E-state index in [1.165, 1.54) is 11.1 Å². The molecule has 0 radical (unpaired) electrons. The molecule has 4 nitrogen and oxygen atoms in total. The number of hydrogen-bond acceptors (Lipinski definition) is 4. The van der Waals surface area contributed by atoms with Gasteiger partial charge < -0.3 is 14.6 Å². The molecule has 2 unspecified atom stereocenters. The molecule has 140 valence electrons. The van der Waals surface area contributed by atoms with Crippen LogP contribution < -0.4 is 4.74 Å². The molecule has 2 aromatic carbocycles. The number of carbonyl (C=O) groups is 1. The summed E-state index contributed by atoms with van der Waals surface area (Å²) in [5.41, 5.74) is 1.86. The van der Waals surface area contributed by atoms with Crippen LogP contribution in [0.25, 0.3) is 0 Å². The topological polar surface area (TPSA) is 55.8 Å². The van der Waals surface area contributed by atoms with E-state index >= 15 is 0 Å². The highest BCUT2D eigenvalue weighted by atomic mass is 16.6. The van der Waals surface area contributed by atoms with Gasteiger partial charge >= 0.3 is 5.97 Å². The van der Waals surface area contributed by atoms with E-state index in [0.29, 0.717) is 17.6 Å². The largest absolute Gasteiger partial charge is 0.508 e. The summed E-state index contributed by atoms with van der Waals surface area (Å²) in [5, 5.41) is 9.43. The van der Waals surface area contributed by atoms with Crippen molar-refractivity contribution in [3.05, 3.63) is 59.7 Å². The van der Waals surface area contributed by atoms with Crippen LogP contribution in [0, 0.1) is 0 Å². The van der Waals surface area contributed by atoms with Gasteiger partial charge in [0.1, 0.15) is 17.1 Å². The van der Waals surface area contributed by atoms with E-state index in [4.69, 9.17) is 9.47 Å². The van der Waals surface area contributed by atoms with Crippen molar-refractivity contribution in [2.24, 2.45) is 0 Å². The fourth-order valence-electron chi connectivity index (χ4n) is 2.74. The Morgan fingerprint density at radius 1 is 0.923 bits per heavy atom. The molecule has 0 amide bonds. The number of hydrogen-bond donors (Lipinski definition) is 1. The molecule has 0 bridgehead atoms. The van der Waals surface area contributed by atoms with E-state index in [9.17, 15) is 9.90 Å². The van der Waals surface area contributed by atoms with Crippen molar-refractivity contribution < 1.29 is 19.4 Å². The first-order valence-corrected chi connectivity index (χ1v) is 8.89. The fraction of sp³-hybridized carbons (Fsp3) is 0.409. The summed E-state index contributed by atoms with van der Waals surface area (Å²) in [7, 11) is 0. The predicted octanol–water partition coefficient (Wildman–Crippen LogP) is 5.02. The molecule has 2 aromatic rings. The number of benzene rings is 2. The van der Waals surface area contributed by atoms with Gasteiger partial charge in [0.15, 0.2) is 6.61 Å². The summed E-state index contributed by atoms with van der Waals surface area (Å²) in [6.45, 7) is 9.73. The van der Waals surface area contributed by atoms with Crippen LogP contribution in [-0.4, -0.2) is 23.3 Å². The number of rotatable bonds is 6. The van der Waals surface area contributed by atoms with Crippen LogP contribution in [0.1, 0.15) is 57.6 Å². The van der Waals surface area contributed by atoms with Crippen LogP contribution in [0.4, 0.5) is 0 Å². The first-order valence-electron chi connectivity index (χ1n) is 8.89. The Morgan fingerprint density at radius 2 is 1.38 bits per heavy atom. The molecule has 0 fully saturated rings. The normalized spacial score (nSPS) is 13.7. The maximum atomic E-state index is 11.7. The number of ether oxygens (including phenoxy) is 2. The molecule has 2 atom stereocenters. The Morgan fingerprint density at radius 3 is 1.85 bits per heavy atom. The lowest BCUT2D eigenvalue weighted by Gasteiger charge is -2.21. The summed E-state index contributed by atoms with van der Waals surface area (Å²) in [6.07, 6.45) is 0. The number of phenols is 1. The second-order valence-corrected chi connectivity index (χ2v) is 7.61. The molecule has 26 heavy (non-hydrogen) atoms. The van der Waals surface area contributed by atoms with Crippen molar-refractivity contribution in [3.8, 4) is 11.5 Å². The Bertz CT molecular complexity index is 711. The summed E-state index contributed by atoms with van der Waals surface area (Å²) in [6, 6.07) is 15.1. The second-order valence-electron chi connectivity index (χ2n) is 7.61. The van der Waals surface area contributed by atoms with Gasteiger partial charge in [0.2, 0.25) is 0 Å². The zero-order valence-electron chi connectivity index (χ0n) is 16.2. The van der Waals surface area contributed by atoms with Crippen LogP contribution in [0.3, 0.4) is 0 Å². The van der Waals surface area contributed by atoms with Crippen molar-refractivity contribution >= 4 is 5.97 Å². The summed E-state index contributed by atoms with van der Waals surface area (Å²) < 4.78 is 10.7. The molecule has 0 saturated heterocycles. The fourth-order valence-corrected chi connectivity index (χ4v) is 2.74. The van der Waals surface area contributed by atoms with Crippen LogP contribution in [-0.2, 0) is 9.53 Å². The third-order valence-electron chi connectivity index (χ3n) is 4.35. The lowest BCUT2D eigenvalue weighted by Crippen LogP contribution is -2.27. The third-order valence-corrected chi connectivity index (χ3v) is 4.35.